The van der Waals surface area contributed by atoms with Crippen LogP contribution in [0.5, 0.6) is 0 Å². The van der Waals surface area contributed by atoms with Crippen molar-refractivity contribution in [3.05, 3.63) is 39.6 Å². The average molecular weight is 402 g/mol. The number of thioether (sulfide) groups is 1. The second-order valence-electron chi connectivity index (χ2n) is 5.85. The van der Waals surface area contributed by atoms with Crippen LogP contribution in [0.15, 0.2) is 22.5 Å². The first-order valence-corrected chi connectivity index (χ1v) is 10.0. The van der Waals surface area contributed by atoms with E-state index in [9.17, 15) is 0 Å². The van der Waals surface area contributed by atoms with Crippen molar-refractivity contribution >= 4 is 51.3 Å². The minimum Gasteiger partial charge on any atom is -0.321 e. The van der Waals surface area contributed by atoms with Gasteiger partial charge in [-0.1, -0.05) is 66.2 Å². The second kappa shape index (κ2) is 7.58. The highest BCUT2D eigenvalue weighted by molar-refractivity contribution is 8.00. The van der Waals surface area contributed by atoms with Crippen molar-refractivity contribution in [1.82, 2.24) is 19.8 Å². The molecule has 1 unspecified atom stereocenters. The lowest BCUT2D eigenvalue weighted by Gasteiger charge is -2.10. The van der Waals surface area contributed by atoms with Gasteiger partial charge in [0.15, 0.2) is 10.2 Å². The minimum absolute atomic E-state index is 0.169. The van der Waals surface area contributed by atoms with Gasteiger partial charge in [-0.2, -0.15) is 4.52 Å². The number of fused-ring (bicyclic) bond motifs is 1. The van der Waals surface area contributed by atoms with E-state index in [2.05, 4.69) is 29.1 Å². The molecule has 9 heteroatoms. The molecule has 2 N–H and O–H groups in total. The van der Waals surface area contributed by atoms with Crippen LogP contribution in [0.2, 0.25) is 10.0 Å². The lowest BCUT2D eigenvalue weighted by molar-refractivity contribution is 0.485. The third-order valence-electron chi connectivity index (χ3n) is 3.46. The topological polar surface area (TPSA) is 69.1 Å². The molecule has 0 aliphatic rings. The summed E-state index contributed by atoms with van der Waals surface area (Å²) in [6.07, 6.45) is 0.843. The highest BCUT2D eigenvalue weighted by Gasteiger charge is 2.19. The molecule has 0 radical (unpaired) electrons. The fraction of sp³-hybridized carbons (Fsp3) is 0.400. The van der Waals surface area contributed by atoms with E-state index in [1.165, 1.54) is 11.3 Å². The maximum atomic E-state index is 6.22. The molecule has 0 bridgehead atoms. The molecule has 3 rings (SSSR count). The molecule has 2 heterocycles. The molecule has 0 fully saturated rings. The average Bonchev–Trinajstić information content (AvgIpc) is 3.05. The molecule has 1 aromatic carbocycles. The molecule has 5 nitrogen and oxygen atoms in total. The van der Waals surface area contributed by atoms with Crippen LogP contribution in [0.3, 0.4) is 0 Å². The Balaban J connectivity index is 1.78. The Morgan fingerprint density at radius 2 is 1.96 bits per heavy atom. The van der Waals surface area contributed by atoms with Crippen molar-refractivity contribution in [2.75, 3.05) is 0 Å². The molecule has 0 amide bonds. The Labute approximate surface area is 158 Å². The first kappa shape index (κ1) is 17.9. The fourth-order valence-electron chi connectivity index (χ4n) is 2.32. The number of aromatic nitrogens is 4. The van der Waals surface area contributed by atoms with Crippen LogP contribution in [0, 0.1) is 5.92 Å². The molecule has 0 spiro atoms. The van der Waals surface area contributed by atoms with E-state index in [0.717, 1.165) is 21.3 Å². The summed E-state index contributed by atoms with van der Waals surface area (Å²) in [6, 6.07) is 5.35. The smallest absolute Gasteiger partial charge is 0.235 e. The monoisotopic (exact) mass is 401 g/mol. The zero-order chi connectivity index (χ0) is 17.3. The van der Waals surface area contributed by atoms with Crippen LogP contribution < -0.4 is 5.73 Å². The number of halogens is 2. The van der Waals surface area contributed by atoms with Gasteiger partial charge in [-0.15, -0.1) is 15.3 Å². The molecule has 3 aromatic rings. The highest BCUT2D eigenvalue weighted by atomic mass is 35.5. The Bertz CT molecular complexity index is 825. The van der Waals surface area contributed by atoms with Gasteiger partial charge in [-0.3, -0.25) is 0 Å². The van der Waals surface area contributed by atoms with E-state index in [-0.39, 0.29) is 6.04 Å². The van der Waals surface area contributed by atoms with Crippen LogP contribution in [0.1, 0.15) is 37.7 Å². The number of nitrogens with two attached hydrogens (primary N) is 1. The summed E-state index contributed by atoms with van der Waals surface area (Å²) in [7, 11) is 0. The lowest BCUT2D eigenvalue weighted by Crippen LogP contribution is -2.16. The zero-order valence-corrected chi connectivity index (χ0v) is 16.4. The third-order valence-corrected chi connectivity index (χ3v) is 6.22. The Hall–Kier alpha value is -0.860. The van der Waals surface area contributed by atoms with Crippen LogP contribution in [0.4, 0.5) is 0 Å². The molecular formula is C15H17Cl2N5S2. The summed E-state index contributed by atoms with van der Waals surface area (Å²) < 4.78 is 2.63. The molecule has 2 aromatic heterocycles. The van der Waals surface area contributed by atoms with Crippen molar-refractivity contribution < 1.29 is 0 Å². The van der Waals surface area contributed by atoms with Crippen molar-refractivity contribution in [3.8, 4) is 0 Å². The first-order valence-electron chi connectivity index (χ1n) is 7.49. The van der Waals surface area contributed by atoms with Gasteiger partial charge in [-0.25, -0.2) is 0 Å². The molecule has 128 valence electrons. The largest absolute Gasteiger partial charge is 0.321 e. The van der Waals surface area contributed by atoms with Gasteiger partial charge in [0, 0.05) is 15.8 Å². The summed E-state index contributed by atoms with van der Waals surface area (Å²) in [5.74, 6) is 1.84. The van der Waals surface area contributed by atoms with Gasteiger partial charge in [0.1, 0.15) is 0 Å². The molecule has 24 heavy (non-hydrogen) atoms. The van der Waals surface area contributed by atoms with Crippen molar-refractivity contribution in [3.63, 3.8) is 0 Å². The Morgan fingerprint density at radius 1 is 1.25 bits per heavy atom. The number of hydrogen-bond donors (Lipinski definition) is 1. The van der Waals surface area contributed by atoms with E-state index in [1.807, 2.05) is 18.2 Å². The van der Waals surface area contributed by atoms with E-state index in [1.54, 1.807) is 16.3 Å². The summed E-state index contributed by atoms with van der Waals surface area (Å²) in [4.78, 5) is 0.747. The fourth-order valence-corrected chi connectivity index (χ4v) is 4.95. The molecule has 0 aliphatic carbocycles. The third kappa shape index (κ3) is 3.86. The molecule has 0 saturated carbocycles. The van der Waals surface area contributed by atoms with Crippen LogP contribution in [-0.2, 0) is 5.75 Å². The number of benzene rings is 1. The van der Waals surface area contributed by atoms with Crippen molar-refractivity contribution in [2.24, 2.45) is 11.7 Å². The Kier molecular flexibility index (Phi) is 5.66. The normalized spacial score (nSPS) is 13.1. The summed E-state index contributed by atoms with van der Waals surface area (Å²) in [5, 5.41) is 14.3. The summed E-state index contributed by atoms with van der Waals surface area (Å²) >= 11 is 15.5. The molecular weight excluding hydrogens is 385 g/mol. The summed E-state index contributed by atoms with van der Waals surface area (Å²) in [5.41, 5.74) is 7.13. The molecule has 0 aliphatic heterocycles. The molecule has 0 saturated heterocycles. The van der Waals surface area contributed by atoms with Gasteiger partial charge >= 0.3 is 0 Å². The predicted octanol–water partition coefficient (Wildman–Crippen LogP) is 4.83. The maximum Gasteiger partial charge on any atom is 0.235 e. The van der Waals surface area contributed by atoms with Crippen LogP contribution in [-0.4, -0.2) is 19.8 Å². The Morgan fingerprint density at radius 3 is 2.62 bits per heavy atom. The van der Waals surface area contributed by atoms with Gasteiger partial charge in [-0.05, 0) is 30.0 Å². The number of rotatable bonds is 6. The van der Waals surface area contributed by atoms with E-state index < -0.39 is 0 Å². The highest BCUT2D eigenvalue weighted by Crippen LogP contribution is 2.33. The van der Waals surface area contributed by atoms with Gasteiger partial charge in [0.25, 0.3) is 0 Å². The lowest BCUT2D eigenvalue weighted by atomic mass is 10.0. The number of nitrogens with zero attached hydrogens (tertiary/aromatic N) is 4. The van der Waals surface area contributed by atoms with Crippen molar-refractivity contribution in [1.29, 1.82) is 0 Å². The van der Waals surface area contributed by atoms with Gasteiger partial charge < -0.3 is 5.73 Å². The molecule has 1 atom stereocenters. The van der Waals surface area contributed by atoms with E-state index in [0.29, 0.717) is 27.5 Å². The van der Waals surface area contributed by atoms with Crippen molar-refractivity contribution in [2.45, 2.75) is 36.4 Å². The van der Waals surface area contributed by atoms with Gasteiger partial charge in [0.05, 0.1) is 6.04 Å². The van der Waals surface area contributed by atoms with E-state index in [4.69, 9.17) is 28.9 Å². The predicted molar refractivity (Wildman–Crippen MR) is 101 cm³/mol. The SMILES string of the molecule is CC(C)CC(N)c1nnc2sc(SCc3c(Cl)cccc3Cl)nn12. The standard InChI is InChI=1S/C15H17Cl2N5S2/c1-8(2)6-12(18)13-19-20-14-22(13)21-15(24-14)23-7-9-10(16)4-3-5-11(9)17/h3-5,8,12H,6-7,18H2,1-2H3. The second-order valence-corrected chi connectivity index (χ2v) is 8.84. The minimum atomic E-state index is -0.169. The van der Waals surface area contributed by atoms with Gasteiger partial charge in [0.2, 0.25) is 4.96 Å². The maximum absolute atomic E-state index is 6.22. The van der Waals surface area contributed by atoms with Crippen LogP contribution >= 0.6 is 46.3 Å². The van der Waals surface area contributed by atoms with Crippen LogP contribution in [0.25, 0.3) is 4.96 Å². The quantitative estimate of drug-likeness (QED) is 0.598. The zero-order valence-electron chi connectivity index (χ0n) is 13.2. The summed E-state index contributed by atoms with van der Waals surface area (Å²) in [6.45, 7) is 4.27. The van der Waals surface area contributed by atoms with E-state index >= 15 is 0 Å². The number of hydrogen-bond acceptors (Lipinski definition) is 6. The first-order chi connectivity index (χ1) is 11.5.